The third-order valence-electron chi connectivity index (χ3n) is 1.17. The molecular weight excluding hydrogens is 191 g/mol. The standard InChI is InChI=1S/C7H8N2Se/c8-7(9-10)6-4-2-1-3-5-6/h1-5,10H,(H2,8,9)/p-1. The fourth-order valence-electron chi connectivity index (χ4n) is 0.662. The molecule has 0 unspecified atom stereocenters. The zero-order chi connectivity index (χ0) is 7.40. The van der Waals surface area contributed by atoms with Crippen LogP contribution in [0.15, 0.2) is 34.3 Å². The first-order valence-corrected chi connectivity index (χ1v) is 3.62. The fourth-order valence-corrected chi connectivity index (χ4v) is 0.883. The van der Waals surface area contributed by atoms with Gasteiger partial charge < -0.3 is 0 Å². The van der Waals surface area contributed by atoms with Gasteiger partial charge >= 0.3 is 67.7 Å². The molecule has 2 N–H and O–H groups in total. The predicted octanol–water partition coefficient (Wildman–Crippen LogP) is 0.475. The third-order valence-corrected chi connectivity index (χ3v) is 1.58. The van der Waals surface area contributed by atoms with Gasteiger partial charge in [-0.05, 0) is 0 Å². The molecule has 0 aliphatic rings. The van der Waals surface area contributed by atoms with Crippen LogP contribution in [0.1, 0.15) is 5.56 Å². The first kappa shape index (κ1) is 7.32. The summed E-state index contributed by atoms with van der Waals surface area (Å²) in [5.74, 6) is 0.528. The van der Waals surface area contributed by atoms with E-state index in [1.807, 2.05) is 30.3 Å². The zero-order valence-electron chi connectivity index (χ0n) is 5.32. The van der Waals surface area contributed by atoms with E-state index in [0.717, 1.165) is 5.56 Å². The number of hydrogen-bond acceptors (Lipinski definition) is 1. The summed E-state index contributed by atoms with van der Waals surface area (Å²) in [6.07, 6.45) is 0. The first-order valence-electron chi connectivity index (χ1n) is 2.86. The van der Waals surface area contributed by atoms with Gasteiger partial charge in [-0.15, -0.1) is 0 Å². The molecule has 0 aliphatic carbocycles. The Morgan fingerprint density at radius 3 is 2.40 bits per heavy atom. The number of amidine groups is 1. The summed E-state index contributed by atoms with van der Waals surface area (Å²) >= 11 is 2.50. The number of nitrogens with two attached hydrogens (primary N) is 1. The van der Waals surface area contributed by atoms with Gasteiger partial charge in [0.15, 0.2) is 0 Å². The number of nitrogens with zero attached hydrogens (tertiary/aromatic N) is 1. The maximum absolute atomic E-state index is 5.51. The van der Waals surface area contributed by atoms with Crippen molar-refractivity contribution in [2.24, 2.45) is 9.74 Å². The normalized spacial score (nSPS) is 11.4. The first-order chi connectivity index (χ1) is 4.84. The minimum absolute atomic E-state index is 0.528. The second-order valence-corrected chi connectivity index (χ2v) is 2.23. The van der Waals surface area contributed by atoms with Crippen molar-refractivity contribution in [3.8, 4) is 0 Å². The number of rotatable bonds is 1. The molecule has 0 atom stereocenters. The Morgan fingerprint density at radius 2 is 1.90 bits per heavy atom. The summed E-state index contributed by atoms with van der Waals surface area (Å²) in [4.78, 5) is 0. The third kappa shape index (κ3) is 1.59. The van der Waals surface area contributed by atoms with E-state index < -0.39 is 0 Å². The molecule has 0 saturated heterocycles. The van der Waals surface area contributed by atoms with Gasteiger partial charge in [-0.1, -0.05) is 0 Å². The molecule has 1 aromatic rings. The van der Waals surface area contributed by atoms with Gasteiger partial charge in [-0.25, -0.2) is 0 Å². The van der Waals surface area contributed by atoms with E-state index in [4.69, 9.17) is 5.73 Å². The second-order valence-electron chi connectivity index (χ2n) is 1.84. The Bertz CT molecular complexity index is 231. The molecule has 2 nitrogen and oxygen atoms in total. The maximum atomic E-state index is 5.51. The van der Waals surface area contributed by atoms with Gasteiger partial charge in [0, 0.05) is 0 Å². The van der Waals surface area contributed by atoms with Crippen LogP contribution >= 0.6 is 0 Å². The molecule has 0 saturated carbocycles. The molecule has 0 radical (unpaired) electrons. The van der Waals surface area contributed by atoms with Crippen molar-refractivity contribution in [2.45, 2.75) is 0 Å². The van der Waals surface area contributed by atoms with E-state index in [0.29, 0.717) is 5.84 Å². The molecule has 0 aliphatic heterocycles. The van der Waals surface area contributed by atoms with Crippen LogP contribution in [0.4, 0.5) is 0 Å². The number of hydrogen-bond donors (Lipinski definition) is 1. The summed E-state index contributed by atoms with van der Waals surface area (Å²) in [6, 6.07) is 9.61. The van der Waals surface area contributed by atoms with E-state index in [2.05, 4.69) is 20.2 Å². The fraction of sp³-hybridized carbons (Fsp3) is 0. The summed E-state index contributed by atoms with van der Waals surface area (Å²) in [5.41, 5.74) is 6.46. The van der Waals surface area contributed by atoms with Crippen LogP contribution in [-0.2, 0) is 0 Å². The SMILES string of the molecule is NC(=N[Se-])c1ccccc1. The molecule has 52 valence electrons. The molecule has 0 aromatic heterocycles. The average molecular weight is 198 g/mol. The van der Waals surface area contributed by atoms with Crippen molar-refractivity contribution in [1.29, 1.82) is 0 Å². The van der Waals surface area contributed by atoms with Crippen molar-refractivity contribution in [3.05, 3.63) is 35.9 Å². The molecule has 0 heterocycles. The van der Waals surface area contributed by atoms with Crippen LogP contribution < -0.4 is 5.73 Å². The molecule has 1 rings (SSSR count). The second kappa shape index (κ2) is 3.40. The van der Waals surface area contributed by atoms with Gasteiger partial charge in [0.2, 0.25) is 0 Å². The molecular formula is C7H7N2Se-. The zero-order valence-corrected chi connectivity index (χ0v) is 7.03. The van der Waals surface area contributed by atoms with Crippen LogP contribution in [0.25, 0.3) is 0 Å². The van der Waals surface area contributed by atoms with Crippen molar-refractivity contribution in [1.82, 2.24) is 0 Å². The Balaban J connectivity index is 2.96. The van der Waals surface area contributed by atoms with Gasteiger partial charge in [-0.3, -0.25) is 0 Å². The molecule has 3 heteroatoms. The Morgan fingerprint density at radius 1 is 1.30 bits per heavy atom. The van der Waals surface area contributed by atoms with Gasteiger partial charge in [0.05, 0.1) is 0 Å². The minimum atomic E-state index is 0.528. The van der Waals surface area contributed by atoms with Gasteiger partial charge in [0.25, 0.3) is 0 Å². The molecule has 0 amide bonds. The summed E-state index contributed by atoms with van der Waals surface area (Å²) in [7, 11) is 0. The average Bonchev–Trinajstić information content (AvgIpc) is 2.05. The van der Waals surface area contributed by atoms with Crippen LogP contribution in [0, 0.1) is 0 Å². The quantitative estimate of drug-likeness (QED) is 0.397. The van der Waals surface area contributed by atoms with E-state index in [1.165, 1.54) is 0 Å². The molecule has 0 bridgehead atoms. The molecule has 0 fully saturated rings. The Hall–Kier alpha value is -0.791. The topological polar surface area (TPSA) is 38.4 Å². The summed E-state index contributed by atoms with van der Waals surface area (Å²) in [5, 5.41) is 0. The van der Waals surface area contributed by atoms with E-state index in [1.54, 1.807) is 0 Å². The van der Waals surface area contributed by atoms with Crippen LogP contribution in [0.5, 0.6) is 0 Å². The number of benzene rings is 1. The molecule has 0 spiro atoms. The Labute approximate surface area is 68.2 Å². The van der Waals surface area contributed by atoms with Crippen molar-refractivity contribution < 1.29 is 0 Å². The molecule has 10 heavy (non-hydrogen) atoms. The van der Waals surface area contributed by atoms with Crippen molar-refractivity contribution >= 4 is 22.1 Å². The monoisotopic (exact) mass is 199 g/mol. The van der Waals surface area contributed by atoms with Crippen LogP contribution in [0.2, 0.25) is 0 Å². The van der Waals surface area contributed by atoms with Gasteiger partial charge in [-0.2, -0.15) is 0 Å². The van der Waals surface area contributed by atoms with E-state index in [9.17, 15) is 0 Å². The summed E-state index contributed by atoms with van der Waals surface area (Å²) in [6.45, 7) is 0. The van der Waals surface area contributed by atoms with E-state index >= 15 is 0 Å². The van der Waals surface area contributed by atoms with Crippen molar-refractivity contribution in [2.75, 3.05) is 0 Å². The van der Waals surface area contributed by atoms with Crippen LogP contribution in [0.3, 0.4) is 0 Å². The van der Waals surface area contributed by atoms with Crippen molar-refractivity contribution in [3.63, 3.8) is 0 Å². The predicted molar refractivity (Wildman–Crippen MR) is 42.9 cm³/mol. The van der Waals surface area contributed by atoms with Crippen LogP contribution in [-0.4, -0.2) is 22.1 Å². The van der Waals surface area contributed by atoms with Gasteiger partial charge in [0.1, 0.15) is 0 Å². The molecule has 1 aromatic carbocycles. The van der Waals surface area contributed by atoms with E-state index in [-0.39, 0.29) is 0 Å². The summed E-state index contributed by atoms with van der Waals surface area (Å²) < 4.78 is 3.73. The Kier molecular flexibility index (Phi) is 2.49.